The van der Waals surface area contributed by atoms with Crippen molar-refractivity contribution in [2.45, 2.75) is 38.6 Å². The summed E-state index contributed by atoms with van der Waals surface area (Å²) in [7, 11) is 0. The van der Waals surface area contributed by atoms with E-state index in [1.54, 1.807) is 12.1 Å². The van der Waals surface area contributed by atoms with Crippen LogP contribution in [0.3, 0.4) is 0 Å². The molecule has 0 saturated carbocycles. The van der Waals surface area contributed by atoms with E-state index in [4.69, 9.17) is 11.5 Å². The molecule has 1 saturated heterocycles. The lowest BCUT2D eigenvalue weighted by atomic mass is 10.1. The third-order valence-electron chi connectivity index (χ3n) is 3.48. The first-order chi connectivity index (χ1) is 8.59. The zero-order valence-electron chi connectivity index (χ0n) is 10.7. The van der Waals surface area contributed by atoms with Crippen LogP contribution in [0, 0.1) is 0 Å². The smallest absolute Gasteiger partial charge is 0.267 e. The monoisotopic (exact) mass is 248 g/mol. The fourth-order valence-corrected chi connectivity index (χ4v) is 2.42. The molecule has 5 heteroatoms. The third kappa shape index (κ3) is 2.55. The van der Waals surface area contributed by atoms with Gasteiger partial charge in [0.15, 0.2) is 5.82 Å². The molecule has 1 unspecified atom stereocenters. The van der Waals surface area contributed by atoms with Gasteiger partial charge in [0.05, 0.1) is 5.69 Å². The largest absolute Gasteiger partial charge is 0.396 e. The third-order valence-corrected chi connectivity index (χ3v) is 3.48. The SMILES string of the molecule is CC1CCCCCN1c1nc(C(N)=O)ccc1N. The number of rotatable bonds is 2. The fourth-order valence-electron chi connectivity index (χ4n) is 2.42. The second kappa shape index (κ2) is 5.25. The molecule has 2 heterocycles. The van der Waals surface area contributed by atoms with Crippen LogP contribution < -0.4 is 16.4 Å². The van der Waals surface area contributed by atoms with Crippen molar-refractivity contribution in [3.05, 3.63) is 17.8 Å². The van der Waals surface area contributed by atoms with E-state index in [0.29, 0.717) is 17.5 Å². The minimum absolute atomic E-state index is 0.274. The van der Waals surface area contributed by atoms with Crippen molar-refractivity contribution < 1.29 is 4.79 Å². The zero-order valence-corrected chi connectivity index (χ0v) is 10.7. The average molecular weight is 248 g/mol. The number of nitrogens with zero attached hydrogens (tertiary/aromatic N) is 2. The predicted molar refractivity (Wildman–Crippen MR) is 72.4 cm³/mol. The fraction of sp³-hybridized carbons (Fsp3) is 0.538. The minimum atomic E-state index is -0.515. The molecule has 5 nitrogen and oxygen atoms in total. The van der Waals surface area contributed by atoms with Crippen LogP contribution in [0.4, 0.5) is 11.5 Å². The first kappa shape index (κ1) is 12.7. The summed E-state index contributed by atoms with van der Waals surface area (Å²) in [4.78, 5) is 17.7. The molecule has 0 aliphatic carbocycles. The van der Waals surface area contributed by atoms with Gasteiger partial charge in [0.1, 0.15) is 5.69 Å². The number of hydrogen-bond acceptors (Lipinski definition) is 4. The Balaban J connectivity index is 2.35. The summed E-state index contributed by atoms with van der Waals surface area (Å²) in [6.07, 6.45) is 4.72. The summed E-state index contributed by atoms with van der Waals surface area (Å²) in [6.45, 7) is 3.10. The molecular formula is C13H20N4O. The van der Waals surface area contributed by atoms with Crippen LogP contribution in [0.25, 0.3) is 0 Å². The van der Waals surface area contributed by atoms with Gasteiger partial charge in [-0.1, -0.05) is 12.8 Å². The number of primary amides is 1. The van der Waals surface area contributed by atoms with E-state index >= 15 is 0 Å². The molecule has 0 aromatic carbocycles. The summed E-state index contributed by atoms with van der Waals surface area (Å²) in [5.74, 6) is 0.180. The number of carbonyl (C=O) groups excluding carboxylic acids is 1. The van der Waals surface area contributed by atoms with Crippen molar-refractivity contribution in [1.29, 1.82) is 0 Å². The maximum Gasteiger partial charge on any atom is 0.267 e. The van der Waals surface area contributed by atoms with Crippen LogP contribution in [0.2, 0.25) is 0 Å². The Hall–Kier alpha value is -1.78. The van der Waals surface area contributed by atoms with Crippen LogP contribution >= 0.6 is 0 Å². The molecule has 1 amide bonds. The highest BCUT2D eigenvalue weighted by Gasteiger charge is 2.21. The molecule has 4 N–H and O–H groups in total. The van der Waals surface area contributed by atoms with Gasteiger partial charge in [-0.3, -0.25) is 4.79 Å². The summed E-state index contributed by atoms with van der Waals surface area (Å²) in [6, 6.07) is 3.68. The maximum atomic E-state index is 11.2. The molecule has 98 valence electrons. The van der Waals surface area contributed by atoms with Crippen LogP contribution in [0.15, 0.2) is 12.1 Å². The molecule has 0 bridgehead atoms. The lowest BCUT2D eigenvalue weighted by molar-refractivity contribution is 0.0995. The number of aromatic nitrogens is 1. The second-order valence-corrected chi connectivity index (χ2v) is 4.87. The van der Waals surface area contributed by atoms with Crippen molar-refractivity contribution >= 4 is 17.4 Å². The van der Waals surface area contributed by atoms with Gasteiger partial charge < -0.3 is 16.4 Å². The Kier molecular flexibility index (Phi) is 3.69. The normalized spacial score (nSPS) is 20.5. The van der Waals surface area contributed by atoms with E-state index in [0.717, 1.165) is 19.4 Å². The Labute approximate surface area is 107 Å². The molecule has 2 rings (SSSR count). The van der Waals surface area contributed by atoms with Crippen molar-refractivity contribution in [1.82, 2.24) is 4.98 Å². The van der Waals surface area contributed by atoms with Gasteiger partial charge in [-0.15, -0.1) is 0 Å². The molecule has 18 heavy (non-hydrogen) atoms. The average Bonchev–Trinajstić information content (AvgIpc) is 2.54. The summed E-state index contributed by atoms with van der Waals surface area (Å²) >= 11 is 0. The highest BCUT2D eigenvalue weighted by Crippen LogP contribution is 2.27. The van der Waals surface area contributed by atoms with Gasteiger partial charge in [0.25, 0.3) is 5.91 Å². The molecule has 1 aliphatic rings. The van der Waals surface area contributed by atoms with Crippen LogP contribution in [0.1, 0.15) is 43.1 Å². The number of carbonyl (C=O) groups is 1. The Morgan fingerprint density at radius 3 is 2.89 bits per heavy atom. The Morgan fingerprint density at radius 2 is 2.17 bits per heavy atom. The Morgan fingerprint density at radius 1 is 1.39 bits per heavy atom. The van der Waals surface area contributed by atoms with Crippen molar-refractivity contribution in [3.8, 4) is 0 Å². The summed E-state index contributed by atoms with van der Waals surface area (Å²) in [5, 5.41) is 0. The first-order valence-corrected chi connectivity index (χ1v) is 6.42. The maximum absolute atomic E-state index is 11.2. The highest BCUT2D eigenvalue weighted by molar-refractivity contribution is 5.91. The van der Waals surface area contributed by atoms with Crippen LogP contribution in [-0.2, 0) is 0 Å². The zero-order chi connectivity index (χ0) is 13.1. The summed E-state index contributed by atoms with van der Waals surface area (Å²) < 4.78 is 0. The number of amides is 1. The molecule has 1 atom stereocenters. The quantitative estimate of drug-likeness (QED) is 0.831. The van der Waals surface area contributed by atoms with Gasteiger partial charge in [-0.25, -0.2) is 4.98 Å². The summed E-state index contributed by atoms with van der Waals surface area (Å²) in [5.41, 5.74) is 12.1. The number of hydrogen-bond donors (Lipinski definition) is 2. The first-order valence-electron chi connectivity index (χ1n) is 6.42. The molecule has 1 aromatic rings. The van der Waals surface area contributed by atoms with Crippen LogP contribution in [0.5, 0.6) is 0 Å². The van der Waals surface area contributed by atoms with E-state index in [1.807, 2.05) is 0 Å². The predicted octanol–water partition coefficient (Wildman–Crippen LogP) is 1.53. The standard InChI is InChI=1S/C13H20N4O/c1-9-5-3-2-4-8-17(9)13-10(14)6-7-11(16-13)12(15)18/h6-7,9H,2-5,8,14H2,1H3,(H2,15,18). The van der Waals surface area contributed by atoms with Gasteiger partial charge in [-0.2, -0.15) is 0 Å². The van der Waals surface area contributed by atoms with E-state index < -0.39 is 5.91 Å². The molecular weight excluding hydrogens is 228 g/mol. The topological polar surface area (TPSA) is 85.2 Å². The van der Waals surface area contributed by atoms with Gasteiger partial charge in [0, 0.05) is 12.6 Å². The van der Waals surface area contributed by atoms with Crippen molar-refractivity contribution in [2.24, 2.45) is 5.73 Å². The van der Waals surface area contributed by atoms with Crippen molar-refractivity contribution in [2.75, 3.05) is 17.2 Å². The van der Waals surface area contributed by atoms with E-state index in [-0.39, 0.29) is 5.69 Å². The lowest BCUT2D eigenvalue weighted by Gasteiger charge is -2.29. The Bertz CT molecular complexity index is 447. The van der Waals surface area contributed by atoms with E-state index in [1.165, 1.54) is 12.8 Å². The number of anilines is 2. The minimum Gasteiger partial charge on any atom is -0.396 e. The lowest BCUT2D eigenvalue weighted by Crippen LogP contribution is -2.34. The van der Waals surface area contributed by atoms with Gasteiger partial charge in [0.2, 0.25) is 0 Å². The number of nitrogens with two attached hydrogens (primary N) is 2. The van der Waals surface area contributed by atoms with E-state index in [9.17, 15) is 4.79 Å². The second-order valence-electron chi connectivity index (χ2n) is 4.87. The van der Waals surface area contributed by atoms with Gasteiger partial charge in [-0.05, 0) is 31.9 Å². The molecule has 0 radical (unpaired) electrons. The number of nitrogen functional groups attached to an aromatic ring is 1. The van der Waals surface area contributed by atoms with Gasteiger partial charge >= 0.3 is 0 Å². The molecule has 1 fully saturated rings. The highest BCUT2D eigenvalue weighted by atomic mass is 16.1. The van der Waals surface area contributed by atoms with Crippen molar-refractivity contribution in [3.63, 3.8) is 0 Å². The molecule has 1 aromatic heterocycles. The van der Waals surface area contributed by atoms with Crippen LogP contribution in [-0.4, -0.2) is 23.5 Å². The molecule has 1 aliphatic heterocycles. The molecule has 0 spiro atoms. The van der Waals surface area contributed by atoms with E-state index in [2.05, 4.69) is 16.8 Å². The number of pyridine rings is 1.